The number of ether oxygens (including phenoxy) is 1. The molecule has 1 amide bonds. The minimum atomic E-state index is -0.503. The Bertz CT molecular complexity index is 1000. The van der Waals surface area contributed by atoms with Crippen LogP contribution in [0, 0.1) is 0 Å². The molecule has 1 N–H and O–H groups in total. The van der Waals surface area contributed by atoms with E-state index in [4.69, 9.17) is 4.74 Å². The summed E-state index contributed by atoms with van der Waals surface area (Å²) in [6.45, 7) is 1.74. The predicted octanol–water partition coefficient (Wildman–Crippen LogP) is 0.479. The molecule has 0 saturated heterocycles. The van der Waals surface area contributed by atoms with Gasteiger partial charge in [-0.05, 0) is 31.2 Å². The van der Waals surface area contributed by atoms with Crippen LogP contribution in [0.3, 0.4) is 0 Å². The zero-order valence-electron chi connectivity index (χ0n) is 13.3. The molecule has 1 aromatic carbocycles. The van der Waals surface area contributed by atoms with Crippen LogP contribution in [0.1, 0.15) is 17.3 Å². The highest BCUT2D eigenvalue weighted by Crippen LogP contribution is 2.15. The highest BCUT2D eigenvalue weighted by Gasteiger charge is 2.13. The molecule has 0 atom stereocenters. The summed E-state index contributed by atoms with van der Waals surface area (Å²) in [5.41, 5.74) is 1.88. The predicted molar refractivity (Wildman–Crippen MR) is 86.9 cm³/mol. The van der Waals surface area contributed by atoms with E-state index in [1.807, 2.05) is 0 Å². The van der Waals surface area contributed by atoms with Crippen molar-refractivity contribution in [1.29, 1.82) is 0 Å². The first-order valence-corrected chi connectivity index (χ1v) is 7.43. The van der Waals surface area contributed by atoms with Crippen LogP contribution in [0.25, 0.3) is 16.6 Å². The monoisotopic (exact) mass is 328 g/mol. The number of aryl methyl sites for hydroxylation is 1. The van der Waals surface area contributed by atoms with Crippen molar-refractivity contribution in [2.45, 2.75) is 6.92 Å². The summed E-state index contributed by atoms with van der Waals surface area (Å²) in [5.74, 6) is -0.921. The molecule has 0 aliphatic carbocycles. The molecular weight excluding hydrogens is 312 g/mol. The van der Waals surface area contributed by atoms with E-state index in [1.165, 1.54) is 9.08 Å². The number of benzene rings is 1. The number of aromatic nitrogens is 3. The number of nitrogens with one attached hydrogen (secondary N) is 1. The van der Waals surface area contributed by atoms with Gasteiger partial charge in [0.2, 0.25) is 0 Å². The first-order chi connectivity index (χ1) is 11.5. The quantitative estimate of drug-likeness (QED) is 0.703. The molecule has 24 heavy (non-hydrogen) atoms. The number of esters is 1. The van der Waals surface area contributed by atoms with Crippen LogP contribution in [0.5, 0.6) is 0 Å². The van der Waals surface area contributed by atoms with Crippen LogP contribution in [-0.4, -0.2) is 39.2 Å². The third kappa shape index (κ3) is 2.62. The molecule has 2 aromatic heterocycles. The number of amides is 1. The van der Waals surface area contributed by atoms with E-state index in [2.05, 4.69) is 10.4 Å². The zero-order chi connectivity index (χ0) is 17.3. The van der Waals surface area contributed by atoms with Crippen LogP contribution < -0.4 is 10.9 Å². The van der Waals surface area contributed by atoms with Crippen molar-refractivity contribution in [1.82, 2.24) is 19.5 Å². The molecule has 124 valence electrons. The van der Waals surface area contributed by atoms with Gasteiger partial charge >= 0.3 is 5.97 Å². The average molecular weight is 328 g/mol. The lowest BCUT2D eigenvalue weighted by Gasteiger charge is -2.10. The van der Waals surface area contributed by atoms with Crippen molar-refractivity contribution in [3.63, 3.8) is 0 Å². The summed E-state index contributed by atoms with van der Waals surface area (Å²) >= 11 is 0. The van der Waals surface area contributed by atoms with Crippen LogP contribution in [0.2, 0.25) is 0 Å². The summed E-state index contributed by atoms with van der Waals surface area (Å²) in [5, 5.41) is 6.64. The van der Waals surface area contributed by atoms with Gasteiger partial charge in [0.25, 0.3) is 11.5 Å². The smallest absolute Gasteiger partial charge is 0.325 e. The number of carbonyl (C=O) groups excluding carboxylic acids is 2. The SMILES string of the molecule is CCOC(=O)CNC(=O)c1ccc2c(c1)n(C)c(=O)c1ccnn12. The second kappa shape index (κ2) is 6.15. The fourth-order valence-electron chi connectivity index (χ4n) is 2.52. The molecule has 8 heteroatoms. The minimum absolute atomic E-state index is 0.205. The number of fused-ring (bicyclic) bond motifs is 3. The first-order valence-electron chi connectivity index (χ1n) is 7.43. The van der Waals surface area contributed by atoms with E-state index < -0.39 is 11.9 Å². The maximum absolute atomic E-state index is 12.3. The van der Waals surface area contributed by atoms with Gasteiger partial charge in [0.15, 0.2) is 0 Å². The minimum Gasteiger partial charge on any atom is -0.465 e. The highest BCUT2D eigenvalue weighted by molar-refractivity contribution is 5.98. The number of hydrogen-bond acceptors (Lipinski definition) is 5. The van der Waals surface area contributed by atoms with Crippen molar-refractivity contribution in [2.24, 2.45) is 7.05 Å². The van der Waals surface area contributed by atoms with Crippen molar-refractivity contribution < 1.29 is 14.3 Å². The Morgan fingerprint density at radius 3 is 2.75 bits per heavy atom. The lowest BCUT2D eigenvalue weighted by molar-refractivity contribution is -0.141. The van der Waals surface area contributed by atoms with Gasteiger partial charge < -0.3 is 14.6 Å². The van der Waals surface area contributed by atoms with E-state index in [0.717, 1.165) is 0 Å². The number of carbonyl (C=O) groups is 2. The van der Waals surface area contributed by atoms with Crippen molar-refractivity contribution in [3.05, 3.63) is 46.4 Å². The molecule has 2 heterocycles. The van der Waals surface area contributed by atoms with Crippen molar-refractivity contribution in [3.8, 4) is 0 Å². The van der Waals surface area contributed by atoms with Gasteiger partial charge in [0.05, 0.1) is 23.8 Å². The second-order valence-electron chi connectivity index (χ2n) is 5.18. The summed E-state index contributed by atoms with van der Waals surface area (Å²) in [7, 11) is 1.64. The maximum Gasteiger partial charge on any atom is 0.325 e. The Morgan fingerprint density at radius 1 is 1.21 bits per heavy atom. The molecule has 0 aliphatic rings. The fourth-order valence-corrected chi connectivity index (χ4v) is 2.52. The topological polar surface area (TPSA) is 94.7 Å². The lowest BCUT2D eigenvalue weighted by atomic mass is 10.1. The molecular formula is C16H16N4O4. The van der Waals surface area contributed by atoms with E-state index >= 15 is 0 Å². The van der Waals surface area contributed by atoms with Gasteiger partial charge in [-0.15, -0.1) is 0 Å². The normalized spacial score (nSPS) is 10.9. The largest absolute Gasteiger partial charge is 0.465 e. The average Bonchev–Trinajstić information content (AvgIpc) is 3.07. The third-order valence-corrected chi connectivity index (χ3v) is 3.69. The zero-order valence-corrected chi connectivity index (χ0v) is 13.3. The van der Waals surface area contributed by atoms with Gasteiger partial charge in [0.1, 0.15) is 12.1 Å². The molecule has 0 unspecified atom stereocenters. The van der Waals surface area contributed by atoms with Crippen LogP contribution in [0.4, 0.5) is 0 Å². The molecule has 0 bridgehead atoms. The Labute approximate surface area is 136 Å². The van der Waals surface area contributed by atoms with E-state index in [0.29, 0.717) is 22.1 Å². The highest BCUT2D eigenvalue weighted by atomic mass is 16.5. The summed E-state index contributed by atoms with van der Waals surface area (Å²) in [6.07, 6.45) is 1.55. The molecule has 0 fully saturated rings. The van der Waals surface area contributed by atoms with Crippen LogP contribution in [-0.2, 0) is 16.6 Å². The maximum atomic E-state index is 12.3. The number of rotatable bonds is 4. The van der Waals surface area contributed by atoms with E-state index in [9.17, 15) is 14.4 Å². The first kappa shape index (κ1) is 15.7. The fraction of sp³-hybridized carbons (Fsp3) is 0.250. The molecule has 0 radical (unpaired) electrons. The standard InChI is InChI=1S/C16H16N4O4/c1-3-24-14(21)9-17-15(22)10-4-5-11-13(8-10)19(2)16(23)12-6-7-18-20(11)12/h4-8H,3,9H2,1-2H3,(H,17,22). The second-order valence-corrected chi connectivity index (χ2v) is 5.18. The summed E-state index contributed by atoms with van der Waals surface area (Å²) in [4.78, 5) is 35.8. The van der Waals surface area contributed by atoms with E-state index in [1.54, 1.807) is 44.4 Å². The Hall–Kier alpha value is -3.16. The van der Waals surface area contributed by atoms with Gasteiger partial charge in [0, 0.05) is 12.6 Å². The number of hydrogen-bond donors (Lipinski definition) is 1. The molecule has 3 aromatic rings. The molecule has 0 spiro atoms. The Balaban J connectivity index is 1.98. The summed E-state index contributed by atoms with van der Waals surface area (Å²) < 4.78 is 7.77. The Kier molecular flexibility index (Phi) is 4.03. The molecule has 0 saturated carbocycles. The van der Waals surface area contributed by atoms with Crippen LogP contribution >= 0.6 is 0 Å². The Morgan fingerprint density at radius 2 is 2.00 bits per heavy atom. The summed E-state index contributed by atoms with van der Waals surface area (Å²) in [6, 6.07) is 6.57. The molecule has 0 aliphatic heterocycles. The molecule has 3 rings (SSSR count). The van der Waals surface area contributed by atoms with Crippen molar-refractivity contribution >= 4 is 28.4 Å². The molecule has 8 nitrogen and oxygen atoms in total. The van der Waals surface area contributed by atoms with Crippen LogP contribution in [0.15, 0.2) is 35.3 Å². The third-order valence-electron chi connectivity index (χ3n) is 3.69. The van der Waals surface area contributed by atoms with E-state index in [-0.39, 0.29) is 18.7 Å². The van der Waals surface area contributed by atoms with Gasteiger partial charge in [-0.2, -0.15) is 5.10 Å². The number of nitrogens with zero attached hydrogens (tertiary/aromatic N) is 3. The lowest BCUT2D eigenvalue weighted by Crippen LogP contribution is -2.30. The van der Waals surface area contributed by atoms with Gasteiger partial charge in [-0.25, -0.2) is 4.52 Å². The van der Waals surface area contributed by atoms with Gasteiger partial charge in [-0.3, -0.25) is 14.4 Å². The van der Waals surface area contributed by atoms with Crippen molar-refractivity contribution in [2.75, 3.05) is 13.2 Å². The van der Waals surface area contributed by atoms with Gasteiger partial charge in [-0.1, -0.05) is 0 Å².